The molecule has 0 aliphatic carbocycles. The molecule has 1 fully saturated rings. The topological polar surface area (TPSA) is 59.9 Å². The molecule has 1 aliphatic rings. The van der Waals surface area contributed by atoms with E-state index in [0.717, 1.165) is 30.8 Å². The van der Waals surface area contributed by atoms with Crippen molar-refractivity contribution in [1.29, 1.82) is 0 Å². The lowest BCUT2D eigenvalue weighted by atomic mass is 10.0. The first-order valence-electron chi connectivity index (χ1n) is 5.71. The number of anilines is 1. The normalized spacial score (nSPS) is 25.4. The molecule has 0 aromatic carbocycles. The molecule has 2 atom stereocenters. The van der Waals surface area contributed by atoms with Crippen LogP contribution in [0.5, 0.6) is 0 Å². The van der Waals surface area contributed by atoms with Gasteiger partial charge in [0, 0.05) is 12.6 Å². The molecule has 2 heterocycles. The van der Waals surface area contributed by atoms with E-state index in [1.165, 1.54) is 0 Å². The van der Waals surface area contributed by atoms with Crippen LogP contribution in [0.4, 0.5) is 5.95 Å². The number of aryl methyl sites for hydroxylation is 2. The van der Waals surface area contributed by atoms with Gasteiger partial charge in [-0.1, -0.05) is 0 Å². The Bertz CT molecular complexity index is 369. The Hall–Kier alpha value is -1.23. The van der Waals surface area contributed by atoms with Crippen LogP contribution in [0.3, 0.4) is 0 Å². The lowest BCUT2D eigenvalue weighted by Gasteiger charge is -2.27. The predicted molar refractivity (Wildman–Crippen MR) is 61.4 cm³/mol. The molecule has 2 rings (SSSR count). The van der Waals surface area contributed by atoms with E-state index in [1.54, 1.807) is 0 Å². The van der Waals surface area contributed by atoms with Crippen molar-refractivity contribution in [2.24, 2.45) is 0 Å². The molecule has 16 heavy (non-hydrogen) atoms. The standard InChI is InChI=1S/C11H18N4O/c1-7-6-10(4-5-16-7)13-11-12-8(2)9(3)14-15-11/h7,10H,4-6H2,1-3H3,(H,12,13,15). The molecule has 1 aromatic rings. The average molecular weight is 222 g/mol. The number of hydrogen-bond acceptors (Lipinski definition) is 5. The fourth-order valence-electron chi connectivity index (χ4n) is 1.83. The SMILES string of the molecule is Cc1nnc(NC2CCOC(C)C2)nc1C. The van der Waals surface area contributed by atoms with Crippen molar-refractivity contribution in [3.05, 3.63) is 11.4 Å². The molecule has 5 heteroatoms. The number of hydrogen-bond donors (Lipinski definition) is 1. The summed E-state index contributed by atoms with van der Waals surface area (Å²) in [7, 11) is 0. The van der Waals surface area contributed by atoms with Gasteiger partial charge in [-0.25, -0.2) is 4.98 Å². The molecule has 1 saturated heterocycles. The van der Waals surface area contributed by atoms with Gasteiger partial charge in [0.15, 0.2) is 0 Å². The second kappa shape index (κ2) is 4.74. The molecule has 1 aromatic heterocycles. The molecular formula is C11H18N4O. The molecule has 2 unspecified atom stereocenters. The summed E-state index contributed by atoms with van der Waals surface area (Å²) in [5.74, 6) is 0.627. The molecule has 0 radical (unpaired) electrons. The highest BCUT2D eigenvalue weighted by Gasteiger charge is 2.19. The molecule has 0 saturated carbocycles. The Morgan fingerprint density at radius 2 is 2.06 bits per heavy atom. The minimum atomic E-state index is 0.311. The van der Waals surface area contributed by atoms with Crippen LogP contribution < -0.4 is 5.32 Å². The Morgan fingerprint density at radius 3 is 2.75 bits per heavy atom. The Labute approximate surface area is 95.6 Å². The van der Waals surface area contributed by atoms with E-state index in [1.807, 2.05) is 13.8 Å². The van der Waals surface area contributed by atoms with Crippen LogP contribution in [0, 0.1) is 13.8 Å². The van der Waals surface area contributed by atoms with Crippen molar-refractivity contribution in [2.45, 2.75) is 45.8 Å². The van der Waals surface area contributed by atoms with Crippen molar-refractivity contribution in [1.82, 2.24) is 15.2 Å². The van der Waals surface area contributed by atoms with Crippen molar-refractivity contribution in [3.8, 4) is 0 Å². The first kappa shape index (κ1) is 11.3. The summed E-state index contributed by atoms with van der Waals surface area (Å²) in [5, 5.41) is 11.4. The molecule has 0 spiro atoms. The Kier molecular flexibility index (Phi) is 3.33. The van der Waals surface area contributed by atoms with Gasteiger partial charge >= 0.3 is 0 Å². The third kappa shape index (κ3) is 2.66. The monoisotopic (exact) mass is 222 g/mol. The number of rotatable bonds is 2. The Balaban J connectivity index is 2.00. The van der Waals surface area contributed by atoms with E-state index < -0.39 is 0 Å². The number of nitrogens with zero attached hydrogens (tertiary/aromatic N) is 3. The van der Waals surface area contributed by atoms with Gasteiger partial charge in [0.05, 0.1) is 17.5 Å². The van der Waals surface area contributed by atoms with Crippen LogP contribution in [0.1, 0.15) is 31.2 Å². The number of ether oxygens (including phenoxy) is 1. The first-order valence-corrected chi connectivity index (χ1v) is 5.71. The zero-order valence-electron chi connectivity index (χ0n) is 10.0. The maximum absolute atomic E-state index is 5.49. The fraction of sp³-hybridized carbons (Fsp3) is 0.727. The summed E-state index contributed by atoms with van der Waals surface area (Å²) < 4.78 is 5.49. The largest absolute Gasteiger partial charge is 0.378 e. The summed E-state index contributed by atoms with van der Waals surface area (Å²) in [5.41, 5.74) is 1.81. The van der Waals surface area contributed by atoms with E-state index in [9.17, 15) is 0 Å². The van der Waals surface area contributed by atoms with Gasteiger partial charge in [-0.15, -0.1) is 5.10 Å². The van der Waals surface area contributed by atoms with Crippen molar-refractivity contribution < 1.29 is 4.74 Å². The van der Waals surface area contributed by atoms with Crippen molar-refractivity contribution in [2.75, 3.05) is 11.9 Å². The number of aromatic nitrogens is 3. The van der Waals surface area contributed by atoms with Gasteiger partial charge in [0.2, 0.25) is 5.95 Å². The minimum Gasteiger partial charge on any atom is -0.378 e. The van der Waals surface area contributed by atoms with Crippen LogP contribution in [-0.2, 0) is 4.74 Å². The zero-order chi connectivity index (χ0) is 11.5. The van der Waals surface area contributed by atoms with E-state index >= 15 is 0 Å². The summed E-state index contributed by atoms with van der Waals surface area (Å²) in [4.78, 5) is 4.37. The molecule has 0 bridgehead atoms. The van der Waals surface area contributed by atoms with Gasteiger partial charge in [0.1, 0.15) is 0 Å². The van der Waals surface area contributed by atoms with Gasteiger partial charge in [0.25, 0.3) is 0 Å². The van der Waals surface area contributed by atoms with Gasteiger partial charge in [-0.2, -0.15) is 5.10 Å². The quantitative estimate of drug-likeness (QED) is 0.821. The van der Waals surface area contributed by atoms with Crippen LogP contribution in [-0.4, -0.2) is 33.9 Å². The predicted octanol–water partition coefficient (Wildman–Crippen LogP) is 1.47. The van der Waals surface area contributed by atoms with Gasteiger partial charge in [-0.05, 0) is 33.6 Å². The zero-order valence-corrected chi connectivity index (χ0v) is 10.0. The first-order chi connectivity index (χ1) is 7.65. The Morgan fingerprint density at radius 1 is 1.25 bits per heavy atom. The molecule has 1 N–H and O–H groups in total. The average Bonchev–Trinajstić information content (AvgIpc) is 2.24. The summed E-state index contributed by atoms with van der Waals surface area (Å²) >= 11 is 0. The summed E-state index contributed by atoms with van der Waals surface area (Å²) in [6, 6.07) is 0.396. The van der Waals surface area contributed by atoms with Gasteiger partial charge < -0.3 is 10.1 Å². The van der Waals surface area contributed by atoms with Crippen LogP contribution in [0.2, 0.25) is 0 Å². The third-order valence-corrected chi connectivity index (χ3v) is 2.91. The van der Waals surface area contributed by atoms with Crippen molar-refractivity contribution >= 4 is 5.95 Å². The highest BCUT2D eigenvalue weighted by Crippen LogP contribution is 2.16. The second-order valence-electron chi connectivity index (χ2n) is 4.35. The molecule has 5 nitrogen and oxygen atoms in total. The maximum atomic E-state index is 5.49. The van der Waals surface area contributed by atoms with Gasteiger partial charge in [-0.3, -0.25) is 0 Å². The lowest BCUT2D eigenvalue weighted by molar-refractivity contribution is 0.0231. The van der Waals surface area contributed by atoms with Crippen LogP contribution in [0.25, 0.3) is 0 Å². The van der Waals surface area contributed by atoms with E-state index in [0.29, 0.717) is 18.1 Å². The highest BCUT2D eigenvalue weighted by molar-refractivity contribution is 5.26. The van der Waals surface area contributed by atoms with Crippen LogP contribution in [0.15, 0.2) is 0 Å². The van der Waals surface area contributed by atoms with E-state index in [2.05, 4.69) is 27.4 Å². The van der Waals surface area contributed by atoms with E-state index in [-0.39, 0.29) is 0 Å². The minimum absolute atomic E-state index is 0.311. The fourth-order valence-corrected chi connectivity index (χ4v) is 1.83. The maximum Gasteiger partial charge on any atom is 0.243 e. The second-order valence-corrected chi connectivity index (χ2v) is 4.35. The molecule has 1 aliphatic heterocycles. The molecular weight excluding hydrogens is 204 g/mol. The summed E-state index contributed by atoms with van der Waals surface area (Å²) in [6.07, 6.45) is 2.31. The van der Waals surface area contributed by atoms with Crippen LogP contribution >= 0.6 is 0 Å². The lowest BCUT2D eigenvalue weighted by Crippen LogP contribution is -2.33. The smallest absolute Gasteiger partial charge is 0.243 e. The van der Waals surface area contributed by atoms with Crippen molar-refractivity contribution in [3.63, 3.8) is 0 Å². The van der Waals surface area contributed by atoms with E-state index in [4.69, 9.17) is 4.74 Å². The summed E-state index contributed by atoms with van der Waals surface area (Å²) in [6.45, 7) is 6.75. The third-order valence-electron chi connectivity index (χ3n) is 2.91. The number of nitrogens with one attached hydrogen (secondary N) is 1. The molecule has 0 amide bonds. The highest BCUT2D eigenvalue weighted by atomic mass is 16.5. The molecule has 88 valence electrons.